The van der Waals surface area contributed by atoms with Gasteiger partial charge in [0.1, 0.15) is 0 Å². The van der Waals surface area contributed by atoms with Gasteiger partial charge < -0.3 is 19.4 Å². The highest BCUT2D eigenvalue weighted by atomic mass is 32.1. The number of H-pyrrole nitrogens is 2. The summed E-state index contributed by atoms with van der Waals surface area (Å²) >= 11 is 5.05. The number of nitrogens with zero attached hydrogens (tertiary/aromatic N) is 1. The van der Waals surface area contributed by atoms with E-state index in [1.165, 1.54) is 0 Å². The van der Waals surface area contributed by atoms with E-state index >= 15 is 0 Å². The van der Waals surface area contributed by atoms with Crippen molar-refractivity contribution >= 4 is 35.4 Å². The van der Waals surface area contributed by atoms with Crippen LogP contribution in [-0.2, 0) is 0 Å². The molecule has 0 aliphatic rings. The summed E-state index contributed by atoms with van der Waals surface area (Å²) in [7, 11) is 0. The van der Waals surface area contributed by atoms with E-state index in [9.17, 15) is 4.79 Å². The number of imidazole rings is 1. The summed E-state index contributed by atoms with van der Waals surface area (Å²) in [6.45, 7) is 5.12. The summed E-state index contributed by atoms with van der Waals surface area (Å²) in [5.41, 5.74) is 5.41. The molecule has 3 N–H and O–H groups in total. The van der Waals surface area contributed by atoms with Crippen molar-refractivity contribution in [2.45, 2.75) is 20.3 Å². The lowest BCUT2D eigenvalue weighted by Gasteiger charge is -2.11. The third-order valence-electron chi connectivity index (χ3n) is 3.89. The largest absolute Gasteiger partial charge is 0.490 e. The Kier molecular flexibility index (Phi) is 6.44. The molecule has 0 aliphatic heterocycles. The Balaban J connectivity index is 1.69. The van der Waals surface area contributed by atoms with E-state index in [4.69, 9.17) is 21.7 Å². The molecular weight excluding hydrogens is 376 g/mol. The Morgan fingerprint density at radius 2 is 1.93 bits per heavy atom. The van der Waals surface area contributed by atoms with Crippen LogP contribution < -0.4 is 14.9 Å². The van der Waals surface area contributed by atoms with E-state index < -0.39 is 0 Å². The third kappa shape index (κ3) is 4.77. The molecule has 2 aromatic carbocycles. The maximum atomic E-state index is 12.3. The summed E-state index contributed by atoms with van der Waals surface area (Å²) in [4.78, 5) is 18.3. The molecule has 7 nitrogen and oxygen atoms in total. The normalized spacial score (nSPS) is 11.1. The van der Waals surface area contributed by atoms with Crippen LogP contribution in [0.15, 0.2) is 41.5 Å². The van der Waals surface area contributed by atoms with Crippen LogP contribution in [0.3, 0.4) is 0 Å². The first-order chi connectivity index (χ1) is 13.6. The number of hydrazone groups is 1. The van der Waals surface area contributed by atoms with Crippen LogP contribution in [0.4, 0.5) is 0 Å². The fourth-order valence-electron chi connectivity index (χ4n) is 2.61. The SMILES string of the molecule is CCCOc1ccc(/C=N\NC(=O)c2ccc3[nH]c(=S)[nH]c3c2)cc1OCC. The van der Waals surface area contributed by atoms with Crippen LogP contribution in [0.5, 0.6) is 11.5 Å². The van der Waals surface area contributed by atoms with Crippen molar-refractivity contribution in [2.75, 3.05) is 13.2 Å². The zero-order valence-electron chi connectivity index (χ0n) is 15.7. The highest BCUT2D eigenvalue weighted by Crippen LogP contribution is 2.28. The number of carbonyl (C=O) groups excluding carboxylic acids is 1. The van der Waals surface area contributed by atoms with Crippen LogP contribution >= 0.6 is 12.2 Å². The maximum Gasteiger partial charge on any atom is 0.271 e. The van der Waals surface area contributed by atoms with Crippen LogP contribution in [0.1, 0.15) is 36.2 Å². The van der Waals surface area contributed by atoms with Gasteiger partial charge in [-0.05, 0) is 67.5 Å². The van der Waals surface area contributed by atoms with Crippen molar-refractivity contribution in [3.63, 3.8) is 0 Å². The number of hydrogen-bond acceptors (Lipinski definition) is 5. The first kappa shape index (κ1) is 19.6. The van der Waals surface area contributed by atoms with Gasteiger partial charge in [-0.15, -0.1) is 0 Å². The van der Waals surface area contributed by atoms with Crippen molar-refractivity contribution in [1.82, 2.24) is 15.4 Å². The summed E-state index contributed by atoms with van der Waals surface area (Å²) in [5, 5.41) is 4.04. The number of carbonyl (C=O) groups is 1. The lowest BCUT2D eigenvalue weighted by molar-refractivity contribution is 0.0955. The predicted molar refractivity (Wildman–Crippen MR) is 112 cm³/mol. The standard InChI is InChI=1S/C20H22N4O3S/c1-3-9-27-17-8-5-13(10-18(17)26-4-2)12-21-24-19(25)14-6-7-15-16(11-14)23-20(28)22-15/h5-8,10-12H,3-4,9H2,1-2H3,(H,24,25)(H2,22,23,28)/b21-12-. The topological polar surface area (TPSA) is 91.5 Å². The summed E-state index contributed by atoms with van der Waals surface area (Å²) in [6.07, 6.45) is 2.48. The van der Waals surface area contributed by atoms with Gasteiger partial charge in [-0.25, -0.2) is 5.43 Å². The van der Waals surface area contributed by atoms with E-state index in [1.54, 1.807) is 24.4 Å². The fraction of sp³-hybridized carbons (Fsp3) is 0.250. The van der Waals surface area contributed by atoms with Crippen molar-refractivity contribution < 1.29 is 14.3 Å². The zero-order chi connectivity index (χ0) is 19.9. The van der Waals surface area contributed by atoms with Crippen LogP contribution in [0, 0.1) is 4.77 Å². The first-order valence-electron chi connectivity index (χ1n) is 9.05. The van der Waals surface area contributed by atoms with Crippen molar-refractivity contribution in [3.8, 4) is 11.5 Å². The Morgan fingerprint density at radius 1 is 1.11 bits per heavy atom. The molecule has 0 fully saturated rings. The average Bonchev–Trinajstić information content (AvgIpc) is 3.06. The molecule has 8 heteroatoms. The number of nitrogens with one attached hydrogen (secondary N) is 3. The number of fused-ring (bicyclic) bond motifs is 1. The van der Waals surface area contributed by atoms with E-state index in [-0.39, 0.29) is 5.91 Å². The molecule has 0 saturated heterocycles. The summed E-state index contributed by atoms with van der Waals surface area (Å²) in [6, 6.07) is 10.7. The molecule has 146 valence electrons. The van der Waals surface area contributed by atoms with Crippen LogP contribution in [-0.4, -0.2) is 35.3 Å². The van der Waals surface area contributed by atoms with Crippen molar-refractivity contribution in [2.24, 2.45) is 5.10 Å². The predicted octanol–water partition coefficient (Wildman–Crippen LogP) is 4.18. The molecule has 0 bridgehead atoms. The highest BCUT2D eigenvalue weighted by molar-refractivity contribution is 7.71. The Labute approximate surface area is 167 Å². The van der Waals surface area contributed by atoms with Crippen molar-refractivity contribution in [1.29, 1.82) is 0 Å². The number of hydrogen-bond donors (Lipinski definition) is 3. The van der Waals surface area contributed by atoms with Gasteiger partial charge in [0.25, 0.3) is 5.91 Å². The van der Waals surface area contributed by atoms with Gasteiger partial charge >= 0.3 is 0 Å². The van der Waals surface area contributed by atoms with Gasteiger partial charge in [-0.2, -0.15) is 5.10 Å². The van der Waals surface area contributed by atoms with Gasteiger partial charge in [0.05, 0.1) is 30.5 Å². The molecule has 1 aromatic heterocycles. The number of aromatic amines is 2. The lowest BCUT2D eigenvalue weighted by Crippen LogP contribution is -2.17. The minimum atomic E-state index is -0.313. The molecule has 0 saturated carbocycles. The van der Waals surface area contributed by atoms with E-state index in [1.807, 2.05) is 32.0 Å². The fourth-order valence-corrected chi connectivity index (χ4v) is 2.83. The molecule has 3 rings (SSSR count). The number of aromatic nitrogens is 2. The molecule has 0 unspecified atom stereocenters. The van der Waals surface area contributed by atoms with Gasteiger partial charge in [-0.1, -0.05) is 6.92 Å². The number of amides is 1. The van der Waals surface area contributed by atoms with E-state index in [0.29, 0.717) is 35.0 Å². The number of rotatable bonds is 8. The third-order valence-corrected chi connectivity index (χ3v) is 4.09. The minimum Gasteiger partial charge on any atom is -0.490 e. The highest BCUT2D eigenvalue weighted by Gasteiger charge is 2.08. The van der Waals surface area contributed by atoms with Gasteiger partial charge in [0, 0.05) is 5.56 Å². The maximum absolute atomic E-state index is 12.3. The second-order valence-corrected chi connectivity index (χ2v) is 6.43. The van der Waals surface area contributed by atoms with Gasteiger partial charge in [0.2, 0.25) is 0 Å². The lowest BCUT2D eigenvalue weighted by atomic mass is 10.2. The molecule has 3 aromatic rings. The smallest absolute Gasteiger partial charge is 0.271 e. The number of benzene rings is 2. The quantitative estimate of drug-likeness (QED) is 0.302. The Hall–Kier alpha value is -3.13. The summed E-state index contributed by atoms with van der Waals surface area (Å²) < 4.78 is 11.8. The molecule has 0 spiro atoms. The molecule has 28 heavy (non-hydrogen) atoms. The number of ether oxygens (including phenoxy) is 2. The van der Waals surface area contributed by atoms with Gasteiger partial charge in [-0.3, -0.25) is 4.79 Å². The monoisotopic (exact) mass is 398 g/mol. The van der Waals surface area contributed by atoms with Crippen LogP contribution in [0.2, 0.25) is 0 Å². The molecule has 1 amide bonds. The Morgan fingerprint density at radius 3 is 2.71 bits per heavy atom. The molecule has 0 radical (unpaired) electrons. The Bertz CT molecular complexity index is 1060. The van der Waals surface area contributed by atoms with Crippen molar-refractivity contribution in [3.05, 3.63) is 52.3 Å². The van der Waals surface area contributed by atoms with E-state index in [0.717, 1.165) is 23.0 Å². The molecular formula is C20H22N4O3S. The second-order valence-electron chi connectivity index (χ2n) is 6.03. The second kappa shape index (κ2) is 9.18. The molecule has 1 heterocycles. The van der Waals surface area contributed by atoms with Gasteiger partial charge in [0.15, 0.2) is 16.3 Å². The minimum absolute atomic E-state index is 0.313. The van der Waals surface area contributed by atoms with E-state index in [2.05, 4.69) is 20.5 Å². The summed E-state index contributed by atoms with van der Waals surface area (Å²) in [5.74, 6) is 1.04. The first-order valence-corrected chi connectivity index (χ1v) is 9.46. The molecule has 0 aliphatic carbocycles. The molecule has 0 atom stereocenters. The zero-order valence-corrected chi connectivity index (χ0v) is 16.6. The van der Waals surface area contributed by atoms with Crippen LogP contribution in [0.25, 0.3) is 11.0 Å². The average molecular weight is 398 g/mol.